The number of hydrogen-bond donors (Lipinski definition) is 1. The zero-order valence-electron chi connectivity index (χ0n) is 14.4. The smallest absolute Gasteiger partial charge is 0.212 e. The number of Topliss-reactive ketones (excluding diaryl/α,β-unsaturated/α-hetero) is 2. The van der Waals surface area contributed by atoms with Gasteiger partial charge in [0.2, 0.25) is 11.6 Å². The standard InChI is InChI=1S/C20H23N3O2/c1-3-11-23(12-4-2)13-9-22(10-14-23)18-17(21)19(24)15-7-5-6-8-16(15)20(18)25/h3-8H,1-2,9-14H2,(H-,21,25)/p+1. The molecule has 5 nitrogen and oxygen atoms in total. The lowest BCUT2D eigenvalue weighted by Gasteiger charge is -2.45. The van der Waals surface area contributed by atoms with Crippen molar-refractivity contribution in [3.05, 3.63) is 72.1 Å². The molecule has 1 saturated heterocycles. The highest BCUT2D eigenvalue weighted by Gasteiger charge is 2.38. The SMILES string of the molecule is C=CC[N+]1(CC=C)CCN(C2=C(N)C(=O)c3ccccc3C2=O)CC1. The predicted molar refractivity (Wildman–Crippen MR) is 98.0 cm³/mol. The van der Waals surface area contributed by atoms with Crippen molar-refractivity contribution in [2.24, 2.45) is 5.73 Å². The van der Waals surface area contributed by atoms with Gasteiger partial charge in [-0.3, -0.25) is 9.59 Å². The van der Waals surface area contributed by atoms with Gasteiger partial charge in [0, 0.05) is 11.1 Å². The molecule has 3 rings (SSSR count). The van der Waals surface area contributed by atoms with Gasteiger partial charge in [0.05, 0.1) is 39.3 Å². The summed E-state index contributed by atoms with van der Waals surface area (Å²) in [6, 6.07) is 6.88. The van der Waals surface area contributed by atoms with Gasteiger partial charge in [-0.1, -0.05) is 37.4 Å². The molecular weight excluding hydrogens is 314 g/mol. The van der Waals surface area contributed by atoms with E-state index < -0.39 is 0 Å². The fourth-order valence-corrected chi connectivity index (χ4v) is 3.80. The summed E-state index contributed by atoms with van der Waals surface area (Å²) in [6.07, 6.45) is 3.86. The van der Waals surface area contributed by atoms with Crippen LogP contribution in [0, 0.1) is 0 Å². The van der Waals surface area contributed by atoms with Crippen molar-refractivity contribution in [2.75, 3.05) is 39.3 Å². The largest absolute Gasteiger partial charge is 0.394 e. The van der Waals surface area contributed by atoms with Crippen LogP contribution >= 0.6 is 0 Å². The number of carbonyl (C=O) groups is 2. The van der Waals surface area contributed by atoms with E-state index in [1.165, 1.54) is 0 Å². The second-order valence-electron chi connectivity index (χ2n) is 6.68. The number of carbonyl (C=O) groups excluding carboxylic acids is 2. The fourth-order valence-electron chi connectivity index (χ4n) is 3.80. The minimum atomic E-state index is -0.256. The van der Waals surface area contributed by atoms with E-state index in [0.717, 1.165) is 30.7 Å². The first-order valence-corrected chi connectivity index (χ1v) is 8.53. The highest BCUT2D eigenvalue weighted by Crippen LogP contribution is 2.28. The zero-order valence-corrected chi connectivity index (χ0v) is 14.4. The summed E-state index contributed by atoms with van der Waals surface area (Å²) in [5.74, 6) is -0.408. The predicted octanol–water partition coefficient (Wildman–Crippen LogP) is 1.74. The van der Waals surface area contributed by atoms with Crippen LogP contribution in [0.3, 0.4) is 0 Å². The number of ketones is 2. The lowest BCUT2D eigenvalue weighted by Crippen LogP contribution is -2.60. The first-order valence-electron chi connectivity index (χ1n) is 8.53. The van der Waals surface area contributed by atoms with E-state index in [0.29, 0.717) is 29.9 Å². The molecule has 1 aliphatic heterocycles. The normalized spacial score (nSPS) is 19.6. The number of hydrogen-bond acceptors (Lipinski definition) is 4. The molecule has 130 valence electrons. The molecule has 2 aliphatic rings. The van der Waals surface area contributed by atoms with Crippen molar-refractivity contribution in [1.82, 2.24) is 4.90 Å². The second kappa shape index (κ2) is 6.69. The maximum absolute atomic E-state index is 12.9. The molecule has 0 spiro atoms. The van der Waals surface area contributed by atoms with Gasteiger partial charge < -0.3 is 15.1 Å². The quantitative estimate of drug-likeness (QED) is 0.656. The average molecular weight is 338 g/mol. The fraction of sp³-hybridized carbons (Fsp3) is 0.300. The number of piperazine rings is 1. The maximum Gasteiger partial charge on any atom is 0.212 e. The average Bonchev–Trinajstić information content (AvgIpc) is 2.62. The van der Waals surface area contributed by atoms with Crippen LogP contribution in [-0.2, 0) is 0 Å². The number of fused-ring (bicyclic) bond motifs is 1. The Morgan fingerprint density at radius 3 is 2.04 bits per heavy atom. The van der Waals surface area contributed by atoms with E-state index in [1.54, 1.807) is 24.3 Å². The molecule has 0 bridgehead atoms. The Hall–Kier alpha value is -2.66. The Bertz CT molecular complexity index is 759. The molecule has 0 atom stereocenters. The number of benzene rings is 1. The molecule has 0 aromatic heterocycles. The molecule has 0 unspecified atom stereocenters. The number of nitrogens with zero attached hydrogens (tertiary/aromatic N) is 2. The number of nitrogens with two attached hydrogens (primary N) is 1. The summed E-state index contributed by atoms with van der Waals surface area (Å²) < 4.78 is 0.870. The van der Waals surface area contributed by atoms with Gasteiger partial charge in [-0.25, -0.2) is 0 Å². The van der Waals surface area contributed by atoms with Crippen molar-refractivity contribution >= 4 is 11.6 Å². The molecule has 1 fully saturated rings. The number of quaternary nitrogens is 1. The first-order chi connectivity index (χ1) is 12.0. The van der Waals surface area contributed by atoms with Crippen LogP contribution in [0.5, 0.6) is 0 Å². The monoisotopic (exact) mass is 338 g/mol. The van der Waals surface area contributed by atoms with Crippen LogP contribution in [0.15, 0.2) is 61.0 Å². The zero-order chi connectivity index (χ0) is 18.0. The molecule has 2 N–H and O–H groups in total. The third-order valence-corrected chi connectivity index (χ3v) is 5.17. The van der Waals surface area contributed by atoms with Crippen LogP contribution in [0.4, 0.5) is 0 Å². The minimum absolute atomic E-state index is 0.0659. The Labute approximate surface area is 148 Å². The van der Waals surface area contributed by atoms with E-state index in [9.17, 15) is 9.59 Å². The van der Waals surface area contributed by atoms with E-state index in [-0.39, 0.29) is 17.3 Å². The molecule has 1 aromatic rings. The third kappa shape index (κ3) is 2.91. The summed E-state index contributed by atoms with van der Waals surface area (Å²) in [4.78, 5) is 27.4. The van der Waals surface area contributed by atoms with Gasteiger partial charge in [-0.2, -0.15) is 0 Å². The van der Waals surface area contributed by atoms with Gasteiger partial charge in [0.15, 0.2) is 0 Å². The molecule has 0 amide bonds. The van der Waals surface area contributed by atoms with Crippen LogP contribution in [0.1, 0.15) is 20.7 Å². The van der Waals surface area contributed by atoms with E-state index >= 15 is 0 Å². The van der Waals surface area contributed by atoms with Crippen LogP contribution in [0.2, 0.25) is 0 Å². The summed E-state index contributed by atoms with van der Waals surface area (Å²) in [6.45, 7) is 12.5. The van der Waals surface area contributed by atoms with E-state index in [1.807, 2.05) is 17.1 Å². The third-order valence-electron chi connectivity index (χ3n) is 5.17. The molecule has 5 heteroatoms. The van der Waals surface area contributed by atoms with Crippen molar-refractivity contribution in [3.63, 3.8) is 0 Å². The van der Waals surface area contributed by atoms with Crippen molar-refractivity contribution in [2.45, 2.75) is 0 Å². The van der Waals surface area contributed by atoms with Crippen LogP contribution in [0.25, 0.3) is 0 Å². The van der Waals surface area contributed by atoms with Gasteiger partial charge in [0.1, 0.15) is 11.4 Å². The van der Waals surface area contributed by atoms with Crippen molar-refractivity contribution in [1.29, 1.82) is 0 Å². The summed E-state index contributed by atoms with van der Waals surface area (Å²) in [7, 11) is 0. The summed E-state index contributed by atoms with van der Waals surface area (Å²) in [5, 5.41) is 0. The lowest BCUT2D eigenvalue weighted by atomic mass is 9.89. The molecule has 1 heterocycles. The van der Waals surface area contributed by atoms with E-state index in [2.05, 4.69) is 13.2 Å². The Morgan fingerprint density at radius 1 is 1.00 bits per heavy atom. The maximum atomic E-state index is 12.9. The molecule has 0 radical (unpaired) electrons. The van der Waals surface area contributed by atoms with Gasteiger partial charge >= 0.3 is 0 Å². The Morgan fingerprint density at radius 2 is 1.52 bits per heavy atom. The summed E-state index contributed by atoms with van der Waals surface area (Å²) >= 11 is 0. The summed E-state index contributed by atoms with van der Waals surface area (Å²) in [5.41, 5.74) is 7.34. The van der Waals surface area contributed by atoms with Gasteiger partial charge in [-0.05, 0) is 12.2 Å². The molecule has 1 aliphatic carbocycles. The molecule has 0 saturated carbocycles. The highest BCUT2D eigenvalue weighted by molar-refractivity contribution is 6.26. The van der Waals surface area contributed by atoms with Crippen LogP contribution < -0.4 is 5.73 Å². The molecular formula is C20H24N3O2+. The minimum Gasteiger partial charge on any atom is -0.394 e. The Balaban J connectivity index is 1.87. The number of rotatable bonds is 5. The van der Waals surface area contributed by atoms with Gasteiger partial charge in [0.25, 0.3) is 0 Å². The number of allylic oxidation sites excluding steroid dienone is 2. The molecule has 25 heavy (non-hydrogen) atoms. The molecule has 1 aromatic carbocycles. The first kappa shape index (κ1) is 17.2. The lowest BCUT2D eigenvalue weighted by molar-refractivity contribution is -0.921. The van der Waals surface area contributed by atoms with Crippen molar-refractivity contribution < 1.29 is 14.1 Å². The van der Waals surface area contributed by atoms with E-state index in [4.69, 9.17) is 5.73 Å². The second-order valence-corrected chi connectivity index (χ2v) is 6.68. The topological polar surface area (TPSA) is 63.4 Å². The Kier molecular flexibility index (Phi) is 4.59. The highest BCUT2D eigenvalue weighted by atomic mass is 16.1. The van der Waals surface area contributed by atoms with Gasteiger partial charge in [-0.15, -0.1) is 0 Å². The van der Waals surface area contributed by atoms with Crippen molar-refractivity contribution in [3.8, 4) is 0 Å². The van der Waals surface area contributed by atoms with Crippen LogP contribution in [-0.4, -0.2) is 60.2 Å².